The maximum Gasteiger partial charge on any atom is 0.202 e. The molecule has 3 aromatic rings. The van der Waals surface area contributed by atoms with E-state index in [-0.39, 0.29) is 5.82 Å². The Morgan fingerprint density at radius 1 is 1.15 bits per heavy atom. The second-order valence-corrected chi connectivity index (χ2v) is 6.65. The van der Waals surface area contributed by atoms with Gasteiger partial charge in [-0.05, 0) is 48.6 Å². The van der Waals surface area contributed by atoms with Gasteiger partial charge in [0, 0.05) is 12.6 Å². The first-order valence-electron chi connectivity index (χ1n) is 8.32. The molecule has 0 aliphatic rings. The van der Waals surface area contributed by atoms with Gasteiger partial charge in [-0.25, -0.2) is 4.39 Å². The number of quaternary nitrogens is 1. The number of aromatic nitrogens is 3. The summed E-state index contributed by atoms with van der Waals surface area (Å²) in [6.45, 7) is 1.41. The lowest BCUT2D eigenvalue weighted by atomic mass is 10.2. The average Bonchev–Trinajstić information content (AvgIpc) is 2.91. The zero-order valence-electron chi connectivity index (χ0n) is 15.1. The van der Waals surface area contributed by atoms with Crippen molar-refractivity contribution in [2.75, 3.05) is 14.2 Å². The lowest BCUT2D eigenvalue weighted by molar-refractivity contribution is -0.917. The van der Waals surface area contributed by atoms with Crippen LogP contribution in [0.4, 0.5) is 4.39 Å². The molecule has 0 spiro atoms. The van der Waals surface area contributed by atoms with Crippen molar-refractivity contribution >= 4 is 12.2 Å². The minimum Gasteiger partial charge on any atom is -0.497 e. The molecule has 26 heavy (non-hydrogen) atoms. The highest BCUT2D eigenvalue weighted by Gasteiger charge is 2.15. The second-order valence-electron chi connectivity index (χ2n) is 6.28. The van der Waals surface area contributed by atoms with Gasteiger partial charge in [-0.15, -0.1) is 5.10 Å². The molecule has 5 nitrogen and oxygen atoms in total. The largest absolute Gasteiger partial charge is 0.497 e. The number of methoxy groups -OCH3 is 1. The van der Waals surface area contributed by atoms with E-state index in [1.165, 1.54) is 16.5 Å². The molecule has 1 unspecified atom stereocenters. The van der Waals surface area contributed by atoms with Crippen molar-refractivity contribution in [3.8, 4) is 17.1 Å². The zero-order valence-corrected chi connectivity index (χ0v) is 15.9. The summed E-state index contributed by atoms with van der Waals surface area (Å²) < 4.78 is 23.3. The Hall–Kier alpha value is -2.51. The maximum atomic E-state index is 14.1. The molecule has 1 heterocycles. The van der Waals surface area contributed by atoms with Crippen LogP contribution in [-0.4, -0.2) is 28.5 Å². The molecule has 1 N–H and O–H groups in total. The number of benzene rings is 2. The van der Waals surface area contributed by atoms with Crippen molar-refractivity contribution in [3.63, 3.8) is 0 Å². The molecule has 0 bridgehead atoms. The molecule has 1 aromatic heterocycles. The van der Waals surface area contributed by atoms with Gasteiger partial charge < -0.3 is 14.2 Å². The van der Waals surface area contributed by atoms with Crippen LogP contribution in [0.25, 0.3) is 11.4 Å². The molecule has 1 atom stereocenters. The van der Waals surface area contributed by atoms with Crippen molar-refractivity contribution in [2.24, 2.45) is 7.05 Å². The second kappa shape index (κ2) is 7.80. The van der Waals surface area contributed by atoms with Gasteiger partial charge in [-0.2, -0.15) is 4.68 Å². The van der Waals surface area contributed by atoms with Crippen LogP contribution in [0.2, 0.25) is 0 Å². The third-order valence-electron chi connectivity index (χ3n) is 4.24. The van der Waals surface area contributed by atoms with E-state index in [1.54, 1.807) is 34.6 Å². The van der Waals surface area contributed by atoms with Crippen LogP contribution in [-0.2, 0) is 20.3 Å². The first-order chi connectivity index (χ1) is 12.5. The molecule has 0 saturated heterocycles. The molecular formula is C19H22FN4OS+. The van der Waals surface area contributed by atoms with Crippen molar-refractivity contribution < 1.29 is 14.0 Å². The molecule has 2 aromatic carbocycles. The molecule has 0 aliphatic carbocycles. The summed E-state index contributed by atoms with van der Waals surface area (Å²) in [6.07, 6.45) is 0. The molecule has 0 saturated carbocycles. The Morgan fingerprint density at radius 3 is 2.50 bits per heavy atom. The third-order valence-corrected chi connectivity index (χ3v) is 4.72. The zero-order chi connectivity index (χ0) is 18.7. The minimum absolute atomic E-state index is 0.304. The van der Waals surface area contributed by atoms with Crippen molar-refractivity contribution in [1.82, 2.24) is 14.3 Å². The SMILES string of the molecule is COc1ccc(C[NH+](C)Cn2nc(-c3ccccc3F)n(C)c2=S)cc1. The van der Waals surface area contributed by atoms with Crippen LogP contribution < -0.4 is 9.64 Å². The van der Waals surface area contributed by atoms with Crippen LogP contribution in [0, 0.1) is 10.6 Å². The summed E-state index contributed by atoms with van der Waals surface area (Å²) >= 11 is 5.48. The quantitative estimate of drug-likeness (QED) is 0.675. The minimum atomic E-state index is -0.304. The van der Waals surface area contributed by atoms with E-state index in [2.05, 4.69) is 12.1 Å². The van der Waals surface area contributed by atoms with E-state index in [0.717, 1.165) is 12.3 Å². The highest BCUT2D eigenvalue weighted by Crippen LogP contribution is 2.20. The predicted octanol–water partition coefficient (Wildman–Crippen LogP) is 2.44. The van der Waals surface area contributed by atoms with E-state index in [4.69, 9.17) is 17.0 Å². The molecule has 7 heteroatoms. The predicted molar refractivity (Wildman–Crippen MR) is 101 cm³/mol. The number of nitrogens with one attached hydrogen (secondary N) is 1. The fourth-order valence-corrected chi connectivity index (χ4v) is 3.06. The van der Waals surface area contributed by atoms with E-state index in [9.17, 15) is 4.39 Å². The Labute approximate surface area is 157 Å². The highest BCUT2D eigenvalue weighted by molar-refractivity contribution is 7.71. The number of halogens is 1. The monoisotopic (exact) mass is 373 g/mol. The summed E-state index contributed by atoms with van der Waals surface area (Å²) in [5.41, 5.74) is 1.65. The van der Waals surface area contributed by atoms with Gasteiger partial charge >= 0.3 is 0 Å². The van der Waals surface area contributed by atoms with Gasteiger partial charge in [0.25, 0.3) is 0 Å². The highest BCUT2D eigenvalue weighted by atomic mass is 32.1. The number of nitrogens with zero attached hydrogens (tertiary/aromatic N) is 3. The van der Waals surface area contributed by atoms with Crippen molar-refractivity contribution in [3.05, 3.63) is 64.7 Å². The van der Waals surface area contributed by atoms with Crippen LogP contribution in [0.5, 0.6) is 5.75 Å². The van der Waals surface area contributed by atoms with E-state index >= 15 is 0 Å². The Kier molecular flexibility index (Phi) is 5.49. The van der Waals surface area contributed by atoms with Crippen LogP contribution in [0.3, 0.4) is 0 Å². The smallest absolute Gasteiger partial charge is 0.202 e. The fourth-order valence-electron chi connectivity index (χ4n) is 2.87. The number of rotatable bonds is 6. The van der Waals surface area contributed by atoms with Gasteiger partial charge in [0.05, 0.1) is 19.7 Å². The lowest BCUT2D eigenvalue weighted by Crippen LogP contribution is -3.07. The maximum absolute atomic E-state index is 14.1. The summed E-state index contributed by atoms with van der Waals surface area (Å²) in [6, 6.07) is 14.6. The van der Waals surface area contributed by atoms with Gasteiger partial charge in [0.1, 0.15) is 18.1 Å². The fraction of sp³-hybridized carbons (Fsp3) is 0.263. The number of ether oxygens (including phenoxy) is 1. The standard InChI is InChI=1S/C19H21FN4OS/c1-22(12-14-8-10-15(25-3)11-9-14)13-24-19(26)23(2)18(21-24)16-6-4-5-7-17(16)20/h4-11H,12-13H2,1-3H3/p+1. The van der Waals surface area contributed by atoms with Crippen LogP contribution in [0.15, 0.2) is 48.5 Å². The molecule has 0 amide bonds. The van der Waals surface area contributed by atoms with Crippen LogP contribution in [0.1, 0.15) is 5.56 Å². The van der Waals surface area contributed by atoms with Crippen molar-refractivity contribution in [2.45, 2.75) is 13.2 Å². The first-order valence-corrected chi connectivity index (χ1v) is 8.73. The lowest BCUT2D eigenvalue weighted by Gasteiger charge is -2.14. The average molecular weight is 373 g/mol. The summed E-state index contributed by atoms with van der Waals surface area (Å²) in [4.78, 5) is 1.21. The topological polar surface area (TPSA) is 36.4 Å². The molecule has 3 rings (SSSR count). The summed E-state index contributed by atoms with van der Waals surface area (Å²) in [7, 11) is 5.54. The molecule has 0 fully saturated rings. The number of hydrogen-bond donors (Lipinski definition) is 1. The van der Waals surface area contributed by atoms with E-state index < -0.39 is 0 Å². The van der Waals surface area contributed by atoms with Gasteiger partial charge in [-0.3, -0.25) is 0 Å². The summed E-state index contributed by atoms with van der Waals surface area (Å²) in [5.74, 6) is 1.07. The van der Waals surface area contributed by atoms with Crippen LogP contribution >= 0.6 is 12.2 Å². The van der Waals surface area contributed by atoms with Gasteiger partial charge in [0.2, 0.25) is 4.77 Å². The Morgan fingerprint density at radius 2 is 1.85 bits per heavy atom. The van der Waals surface area contributed by atoms with E-state index in [0.29, 0.717) is 22.8 Å². The molecule has 136 valence electrons. The molecule has 0 radical (unpaired) electrons. The molecule has 0 aliphatic heterocycles. The number of hydrogen-bond acceptors (Lipinski definition) is 3. The first kappa shape index (κ1) is 18.3. The Bertz CT molecular complexity index is 949. The van der Waals surface area contributed by atoms with Crippen molar-refractivity contribution in [1.29, 1.82) is 0 Å². The summed E-state index contributed by atoms with van der Waals surface area (Å²) in [5, 5.41) is 4.54. The van der Waals surface area contributed by atoms with Gasteiger partial charge in [-0.1, -0.05) is 12.1 Å². The Balaban J connectivity index is 1.78. The normalized spacial score (nSPS) is 12.2. The van der Waals surface area contributed by atoms with Gasteiger partial charge in [0.15, 0.2) is 12.5 Å². The molecular weight excluding hydrogens is 351 g/mol. The van der Waals surface area contributed by atoms with E-state index in [1.807, 2.05) is 31.3 Å². The third kappa shape index (κ3) is 3.84.